The highest BCUT2D eigenvalue weighted by Crippen LogP contribution is 2.28. The summed E-state index contributed by atoms with van der Waals surface area (Å²) in [7, 11) is 1.34. The Labute approximate surface area is 118 Å². The zero-order chi connectivity index (χ0) is 13.3. The van der Waals surface area contributed by atoms with Crippen molar-refractivity contribution in [1.29, 1.82) is 0 Å². The molecule has 1 aromatic heterocycles. The first-order chi connectivity index (χ1) is 8.52. The number of benzene rings is 1. The highest BCUT2D eigenvalue weighted by molar-refractivity contribution is 9.10. The van der Waals surface area contributed by atoms with Crippen molar-refractivity contribution in [2.45, 2.75) is 6.92 Å². The van der Waals surface area contributed by atoms with Gasteiger partial charge in [0.2, 0.25) is 0 Å². The third-order valence-electron chi connectivity index (χ3n) is 2.59. The van der Waals surface area contributed by atoms with E-state index in [9.17, 15) is 4.79 Å². The summed E-state index contributed by atoms with van der Waals surface area (Å²) in [6.07, 6.45) is 0. The van der Waals surface area contributed by atoms with Gasteiger partial charge in [0.25, 0.3) is 0 Å². The minimum Gasteiger partial charge on any atom is -0.464 e. The smallest absolute Gasteiger partial charge is 0.356 e. The topological polar surface area (TPSA) is 57.9 Å². The standard InChI is InChI=1S/C12H11BrN2O2S/c1-6-3-4-7(13)5-8(6)9-10(11(16)17-2)15-12(18)14-9/h3-5H,1-2H3,(H2,14,15,18). The van der Waals surface area contributed by atoms with Gasteiger partial charge in [-0.05, 0) is 36.8 Å². The van der Waals surface area contributed by atoms with Gasteiger partial charge in [0, 0.05) is 10.0 Å². The Morgan fingerprint density at radius 1 is 1.39 bits per heavy atom. The van der Waals surface area contributed by atoms with Crippen LogP contribution in [0.25, 0.3) is 11.3 Å². The van der Waals surface area contributed by atoms with Gasteiger partial charge in [0.15, 0.2) is 10.5 Å². The summed E-state index contributed by atoms with van der Waals surface area (Å²) in [5.74, 6) is -0.447. The highest BCUT2D eigenvalue weighted by atomic mass is 79.9. The number of aromatic nitrogens is 2. The van der Waals surface area contributed by atoms with E-state index in [0.717, 1.165) is 15.6 Å². The van der Waals surface area contributed by atoms with Crippen LogP contribution >= 0.6 is 28.1 Å². The van der Waals surface area contributed by atoms with Crippen LogP contribution in [0.15, 0.2) is 22.7 Å². The molecule has 0 aliphatic carbocycles. The summed E-state index contributed by atoms with van der Waals surface area (Å²) in [6, 6.07) is 5.83. The van der Waals surface area contributed by atoms with Crippen molar-refractivity contribution in [3.63, 3.8) is 0 Å². The largest absolute Gasteiger partial charge is 0.464 e. The molecule has 4 nitrogen and oxygen atoms in total. The van der Waals surface area contributed by atoms with E-state index in [1.54, 1.807) is 0 Å². The van der Waals surface area contributed by atoms with Crippen LogP contribution in [0, 0.1) is 11.7 Å². The summed E-state index contributed by atoms with van der Waals surface area (Å²) in [6.45, 7) is 1.96. The second-order valence-electron chi connectivity index (χ2n) is 3.78. The molecule has 0 aliphatic heterocycles. The maximum absolute atomic E-state index is 11.7. The normalized spacial score (nSPS) is 10.4. The fourth-order valence-corrected chi connectivity index (χ4v) is 2.27. The summed E-state index contributed by atoms with van der Waals surface area (Å²) < 4.78 is 6.06. The molecular weight excluding hydrogens is 316 g/mol. The summed E-state index contributed by atoms with van der Waals surface area (Å²) in [5.41, 5.74) is 2.92. The molecule has 0 spiro atoms. The van der Waals surface area contributed by atoms with Crippen molar-refractivity contribution < 1.29 is 9.53 Å². The van der Waals surface area contributed by atoms with Crippen LogP contribution in [0.3, 0.4) is 0 Å². The molecule has 0 amide bonds. The predicted molar refractivity (Wildman–Crippen MR) is 75.2 cm³/mol. The lowest BCUT2D eigenvalue weighted by atomic mass is 10.0. The first kappa shape index (κ1) is 13.0. The number of H-pyrrole nitrogens is 2. The van der Waals surface area contributed by atoms with E-state index < -0.39 is 5.97 Å². The van der Waals surface area contributed by atoms with Crippen molar-refractivity contribution in [2.75, 3.05) is 7.11 Å². The maximum Gasteiger partial charge on any atom is 0.356 e. The minimum absolute atomic E-state index is 0.337. The zero-order valence-corrected chi connectivity index (χ0v) is 12.2. The number of aromatic amines is 2. The van der Waals surface area contributed by atoms with E-state index in [0.29, 0.717) is 16.2 Å². The van der Waals surface area contributed by atoms with Crippen LogP contribution in [0.4, 0.5) is 0 Å². The number of carbonyl (C=O) groups is 1. The Bertz CT molecular complexity index is 660. The molecule has 1 heterocycles. The SMILES string of the molecule is COC(=O)c1[nH]c(=S)[nH]c1-c1cc(Br)ccc1C. The van der Waals surface area contributed by atoms with Gasteiger partial charge >= 0.3 is 5.97 Å². The number of hydrogen-bond donors (Lipinski definition) is 2. The summed E-state index contributed by atoms with van der Waals surface area (Å²) in [4.78, 5) is 17.5. The van der Waals surface area contributed by atoms with E-state index in [-0.39, 0.29) is 0 Å². The number of nitrogens with one attached hydrogen (secondary N) is 2. The Kier molecular flexibility index (Phi) is 3.68. The molecule has 94 valence electrons. The Hall–Kier alpha value is -1.40. The van der Waals surface area contributed by atoms with E-state index in [1.807, 2.05) is 25.1 Å². The van der Waals surface area contributed by atoms with Crippen molar-refractivity contribution in [3.8, 4) is 11.3 Å². The van der Waals surface area contributed by atoms with Crippen molar-refractivity contribution >= 4 is 34.1 Å². The number of halogens is 1. The number of rotatable bonds is 2. The molecule has 1 aromatic carbocycles. The first-order valence-corrected chi connectivity index (χ1v) is 6.40. The molecule has 0 unspecified atom stereocenters. The van der Waals surface area contributed by atoms with Crippen molar-refractivity contribution in [3.05, 3.63) is 38.7 Å². The molecule has 2 aromatic rings. The number of imidazole rings is 1. The summed E-state index contributed by atoms with van der Waals surface area (Å²) >= 11 is 8.45. The molecule has 2 N–H and O–H groups in total. The van der Waals surface area contributed by atoms with Crippen molar-refractivity contribution in [1.82, 2.24) is 9.97 Å². The second kappa shape index (κ2) is 5.07. The molecule has 0 aliphatic rings. The molecule has 0 saturated heterocycles. The Morgan fingerprint density at radius 2 is 2.11 bits per heavy atom. The fourth-order valence-electron chi connectivity index (χ4n) is 1.70. The Balaban J connectivity index is 2.67. The van der Waals surface area contributed by atoms with Gasteiger partial charge in [-0.15, -0.1) is 0 Å². The van der Waals surface area contributed by atoms with Gasteiger partial charge in [0.05, 0.1) is 12.8 Å². The van der Waals surface area contributed by atoms with E-state index in [2.05, 4.69) is 25.9 Å². The van der Waals surface area contributed by atoms with Gasteiger partial charge < -0.3 is 14.7 Å². The Morgan fingerprint density at radius 3 is 2.78 bits per heavy atom. The third kappa shape index (κ3) is 2.39. The minimum atomic E-state index is -0.447. The molecule has 6 heteroatoms. The average Bonchev–Trinajstić information content (AvgIpc) is 2.73. The fraction of sp³-hybridized carbons (Fsp3) is 0.167. The van der Waals surface area contributed by atoms with E-state index in [1.165, 1.54) is 7.11 Å². The monoisotopic (exact) mass is 326 g/mol. The quantitative estimate of drug-likeness (QED) is 0.654. The van der Waals surface area contributed by atoms with Gasteiger partial charge in [-0.3, -0.25) is 0 Å². The lowest BCUT2D eigenvalue weighted by Crippen LogP contribution is -2.04. The van der Waals surface area contributed by atoms with Crippen LogP contribution in [0.1, 0.15) is 16.1 Å². The van der Waals surface area contributed by atoms with Gasteiger partial charge in [-0.2, -0.15) is 0 Å². The molecule has 0 radical (unpaired) electrons. The summed E-state index contributed by atoms with van der Waals surface area (Å²) in [5, 5.41) is 0. The van der Waals surface area contributed by atoms with E-state index in [4.69, 9.17) is 17.0 Å². The number of aryl methyl sites for hydroxylation is 1. The number of esters is 1. The average molecular weight is 327 g/mol. The predicted octanol–water partition coefficient (Wildman–Crippen LogP) is 3.60. The van der Waals surface area contributed by atoms with E-state index >= 15 is 0 Å². The molecule has 18 heavy (non-hydrogen) atoms. The number of ether oxygens (including phenoxy) is 1. The highest BCUT2D eigenvalue weighted by Gasteiger charge is 2.17. The first-order valence-electron chi connectivity index (χ1n) is 5.20. The van der Waals surface area contributed by atoms with Crippen LogP contribution < -0.4 is 0 Å². The number of methoxy groups -OCH3 is 1. The lowest BCUT2D eigenvalue weighted by Gasteiger charge is -2.06. The van der Waals surface area contributed by atoms with Crippen LogP contribution in [0.2, 0.25) is 0 Å². The third-order valence-corrected chi connectivity index (χ3v) is 3.28. The van der Waals surface area contributed by atoms with Crippen LogP contribution in [0.5, 0.6) is 0 Å². The number of hydrogen-bond acceptors (Lipinski definition) is 3. The van der Waals surface area contributed by atoms with Crippen LogP contribution in [-0.2, 0) is 4.74 Å². The van der Waals surface area contributed by atoms with Gasteiger partial charge in [-0.25, -0.2) is 4.79 Å². The van der Waals surface area contributed by atoms with Gasteiger partial charge in [-0.1, -0.05) is 22.0 Å². The maximum atomic E-state index is 11.7. The molecular formula is C12H11BrN2O2S. The zero-order valence-electron chi connectivity index (χ0n) is 9.83. The second-order valence-corrected chi connectivity index (χ2v) is 5.10. The lowest BCUT2D eigenvalue weighted by molar-refractivity contribution is 0.0595. The number of carbonyl (C=O) groups excluding carboxylic acids is 1. The molecule has 2 rings (SSSR count). The van der Waals surface area contributed by atoms with Crippen molar-refractivity contribution in [2.24, 2.45) is 0 Å². The molecule has 0 saturated carbocycles. The van der Waals surface area contributed by atoms with Crippen LogP contribution in [-0.4, -0.2) is 23.0 Å². The van der Waals surface area contributed by atoms with Gasteiger partial charge in [0.1, 0.15) is 0 Å². The molecule has 0 bridgehead atoms. The molecule has 0 atom stereocenters. The molecule has 0 fully saturated rings.